The number of carbonyl (C=O) groups is 3. The second kappa shape index (κ2) is 10.6. The summed E-state index contributed by atoms with van der Waals surface area (Å²) in [7, 11) is 0. The number of aryl methyl sites for hydroxylation is 1. The van der Waals surface area contributed by atoms with Gasteiger partial charge in [0.2, 0.25) is 11.8 Å². The molecule has 2 aromatic rings. The molecule has 1 saturated heterocycles. The molecule has 0 spiro atoms. The van der Waals surface area contributed by atoms with Crippen LogP contribution in [-0.2, 0) is 32.1 Å². The minimum absolute atomic E-state index is 0.0513. The molecule has 174 valence electrons. The maximum absolute atomic E-state index is 13.4. The number of ether oxygens (including phenoxy) is 1. The van der Waals surface area contributed by atoms with E-state index in [-0.39, 0.29) is 30.4 Å². The Morgan fingerprint density at radius 2 is 1.67 bits per heavy atom. The highest BCUT2D eigenvalue weighted by Crippen LogP contribution is 2.42. The Bertz CT molecular complexity index is 963. The Morgan fingerprint density at radius 3 is 2.36 bits per heavy atom. The summed E-state index contributed by atoms with van der Waals surface area (Å²) in [5, 5.41) is 2.84. The molecule has 0 unspecified atom stereocenters. The lowest BCUT2D eigenvalue weighted by Crippen LogP contribution is -2.53. The molecule has 1 aliphatic carbocycles. The molecule has 2 aliphatic rings. The van der Waals surface area contributed by atoms with E-state index in [0.29, 0.717) is 25.2 Å². The fourth-order valence-electron chi connectivity index (χ4n) is 5.14. The van der Waals surface area contributed by atoms with Crippen LogP contribution in [0, 0.1) is 5.92 Å². The van der Waals surface area contributed by atoms with E-state index in [1.54, 1.807) is 11.8 Å². The predicted octanol–water partition coefficient (Wildman–Crippen LogP) is 3.64. The molecule has 1 aliphatic heterocycles. The van der Waals surface area contributed by atoms with Gasteiger partial charge in [-0.2, -0.15) is 0 Å². The van der Waals surface area contributed by atoms with Crippen LogP contribution in [0.1, 0.15) is 50.2 Å². The lowest BCUT2D eigenvalue weighted by Gasteiger charge is -2.31. The molecule has 33 heavy (non-hydrogen) atoms. The van der Waals surface area contributed by atoms with E-state index < -0.39 is 12.1 Å². The maximum atomic E-state index is 13.4. The first kappa shape index (κ1) is 23.0. The third kappa shape index (κ3) is 5.62. The molecular formula is C27H32N2O4. The van der Waals surface area contributed by atoms with Gasteiger partial charge < -0.3 is 15.0 Å². The van der Waals surface area contributed by atoms with E-state index >= 15 is 0 Å². The van der Waals surface area contributed by atoms with Crippen molar-refractivity contribution in [2.45, 2.75) is 70.2 Å². The topological polar surface area (TPSA) is 75.7 Å². The van der Waals surface area contributed by atoms with Gasteiger partial charge in [0, 0.05) is 12.5 Å². The van der Waals surface area contributed by atoms with E-state index in [4.69, 9.17) is 4.74 Å². The van der Waals surface area contributed by atoms with Gasteiger partial charge in [-0.15, -0.1) is 0 Å². The van der Waals surface area contributed by atoms with Crippen LogP contribution in [0.4, 0.5) is 0 Å². The van der Waals surface area contributed by atoms with Gasteiger partial charge in [0.15, 0.2) is 0 Å². The molecule has 4 rings (SSSR count). The Balaban J connectivity index is 1.36. The zero-order valence-corrected chi connectivity index (χ0v) is 19.1. The van der Waals surface area contributed by atoms with Crippen LogP contribution in [-0.4, -0.2) is 40.8 Å². The van der Waals surface area contributed by atoms with Gasteiger partial charge >= 0.3 is 5.97 Å². The first-order chi connectivity index (χ1) is 16.0. The number of fused-ring (bicyclic) bond motifs is 1. The van der Waals surface area contributed by atoms with Gasteiger partial charge in [0.1, 0.15) is 18.7 Å². The van der Waals surface area contributed by atoms with Crippen molar-refractivity contribution in [3.8, 4) is 0 Å². The lowest BCUT2D eigenvalue weighted by atomic mass is 10.0. The van der Waals surface area contributed by atoms with Crippen LogP contribution in [0.15, 0.2) is 60.7 Å². The number of esters is 1. The molecule has 2 aromatic carbocycles. The molecule has 6 heteroatoms. The van der Waals surface area contributed by atoms with Crippen molar-refractivity contribution >= 4 is 17.8 Å². The summed E-state index contributed by atoms with van der Waals surface area (Å²) in [5.41, 5.74) is 2.00. The second-order valence-corrected chi connectivity index (χ2v) is 9.12. The summed E-state index contributed by atoms with van der Waals surface area (Å²) in [6, 6.07) is 18.1. The molecule has 6 nitrogen and oxygen atoms in total. The van der Waals surface area contributed by atoms with Gasteiger partial charge in [-0.25, -0.2) is 4.79 Å². The Morgan fingerprint density at radius 1 is 1.00 bits per heavy atom. The summed E-state index contributed by atoms with van der Waals surface area (Å²) < 4.78 is 5.59. The van der Waals surface area contributed by atoms with Crippen LogP contribution < -0.4 is 5.32 Å². The maximum Gasteiger partial charge on any atom is 0.329 e. The Kier molecular flexibility index (Phi) is 7.43. The SMILES string of the molecule is C[C@H](NC(=O)CCc1ccccc1)C(=O)N1[C@H](C(=O)OCc2ccccc2)C[C@@H]2CCC[C@@H]21. The van der Waals surface area contributed by atoms with Crippen LogP contribution in [0.5, 0.6) is 0 Å². The minimum atomic E-state index is -0.683. The van der Waals surface area contributed by atoms with Gasteiger partial charge in [-0.1, -0.05) is 67.1 Å². The number of nitrogens with one attached hydrogen (secondary N) is 1. The highest BCUT2D eigenvalue weighted by molar-refractivity contribution is 5.91. The largest absolute Gasteiger partial charge is 0.459 e. The predicted molar refractivity (Wildman–Crippen MR) is 125 cm³/mol. The third-order valence-corrected chi connectivity index (χ3v) is 6.82. The van der Waals surface area contributed by atoms with Crippen molar-refractivity contribution in [1.29, 1.82) is 0 Å². The average molecular weight is 449 g/mol. The number of benzene rings is 2. The molecule has 0 aromatic heterocycles. The minimum Gasteiger partial charge on any atom is -0.459 e. The Hall–Kier alpha value is -3.15. The molecule has 1 saturated carbocycles. The highest BCUT2D eigenvalue weighted by Gasteiger charge is 2.50. The van der Waals surface area contributed by atoms with Crippen LogP contribution in [0.25, 0.3) is 0 Å². The Labute approximate surface area is 195 Å². The quantitative estimate of drug-likeness (QED) is 0.626. The number of likely N-dealkylation sites (tertiary alicyclic amines) is 1. The van der Waals surface area contributed by atoms with E-state index in [2.05, 4.69) is 5.32 Å². The monoisotopic (exact) mass is 448 g/mol. The number of rotatable bonds is 8. The van der Waals surface area contributed by atoms with Gasteiger partial charge in [0.25, 0.3) is 0 Å². The molecule has 0 bridgehead atoms. The van der Waals surface area contributed by atoms with E-state index in [0.717, 1.165) is 30.4 Å². The summed E-state index contributed by atoms with van der Waals surface area (Å²) in [5.74, 6) is -0.391. The molecule has 0 radical (unpaired) electrons. The van der Waals surface area contributed by atoms with Crippen molar-refractivity contribution in [2.75, 3.05) is 0 Å². The number of hydrogen-bond acceptors (Lipinski definition) is 4. The van der Waals surface area contributed by atoms with E-state index in [1.807, 2.05) is 60.7 Å². The molecular weight excluding hydrogens is 416 g/mol. The van der Waals surface area contributed by atoms with Crippen LogP contribution >= 0.6 is 0 Å². The van der Waals surface area contributed by atoms with Gasteiger partial charge in [-0.05, 0) is 49.7 Å². The number of carbonyl (C=O) groups excluding carboxylic acids is 3. The highest BCUT2D eigenvalue weighted by atomic mass is 16.5. The summed E-state index contributed by atoms with van der Waals surface area (Å²) in [6.07, 6.45) is 4.55. The van der Waals surface area contributed by atoms with Crippen molar-refractivity contribution in [2.24, 2.45) is 5.92 Å². The lowest BCUT2D eigenvalue weighted by molar-refractivity contribution is -0.156. The second-order valence-electron chi connectivity index (χ2n) is 9.12. The first-order valence-corrected chi connectivity index (χ1v) is 11.9. The summed E-state index contributed by atoms with van der Waals surface area (Å²) in [6.45, 7) is 1.90. The van der Waals surface area contributed by atoms with Crippen LogP contribution in [0.3, 0.4) is 0 Å². The fraction of sp³-hybridized carbons (Fsp3) is 0.444. The van der Waals surface area contributed by atoms with E-state index in [1.165, 1.54) is 0 Å². The fourth-order valence-corrected chi connectivity index (χ4v) is 5.14. The molecule has 1 N–H and O–H groups in total. The average Bonchev–Trinajstić information content (AvgIpc) is 3.43. The van der Waals surface area contributed by atoms with Gasteiger partial charge in [-0.3, -0.25) is 9.59 Å². The smallest absolute Gasteiger partial charge is 0.329 e. The summed E-state index contributed by atoms with van der Waals surface area (Å²) >= 11 is 0. The standard InChI is InChI=1S/C27H32N2O4/c1-19(28-25(30)16-15-20-9-4-2-5-10-20)26(31)29-23-14-8-13-22(23)17-24(29)27(32)33-18-21-11-6-3-7-12-21/h2-7,9-12,19,22-24H,8,13-18H2,1H3,(H,28,30)/t19-,22-,23-,24-/m0/s1. The molecule has 2 amide bonds. The summed E-state index contributed by atoms with van der Waals surface area (Å²) in [4.78, 5) is 40.5. The number of amides is 2. The molecule has 1 heterocycles. The normalized spacial score (nSPS) is 22.5. The van der Waals surface area contributed by atoms with Crippen molar-refractivity contribution < 1.29 is 19.1 Å². The van der Waals surface area contributed by atoms with Crippen molar-refractivity contribution in [1.82, 2.24) is 10.2 Å². The number of nitrogens with zero attached hydrogens (tertiary/aromatic N) is 1. The molecule has 2 fully saturated rings. The van der Waals surface area contributed by atoms with Crippen LogP contribution in [0.2, 0.25) is 0 Å². The zero-order valence-electron chi connectivity index (χ0n) is 19.1. The van der Waals surface area contributed by atoms with Crippen molar-refractivity contribution in [3.63, 3.8) is 0 Å². The first-order valence-electron chi connectivity index (χ1n) is 11.9. The van der Waals surface area contributed by atoms with Crippen molar-refractivity contribution in [3.05, 3.63) is 71.8 Å². The van der Waals surface area contributed by atoms with Gasteiger partial charge in [0.05, 0.1) is 0 Å². The molecule has 4 atom stereocenters. The van der Waals surface area contributed by atoms with E-state index in [9.17, 15) is 14.4 Å². The zero-order chi connectivity index (χ0) is 23.2. The number of hydrogen-bond donors (Lipinski definition) is 1. The third-order valence-electron chi connectivity index (χ3n) is 6.82.